The molecule has 1 aliphatic rings. The highest BCUT2D eigenvalue weighted by Crippen LogP contribution is 2.36. The van der Waals surface area contributed by atoms with Gasteiger partial charge in [0.25, 0.3) is 5.91 Å². The van der Waals surface area contributed by atoms with Crippen LogP contribution in [-0.2, 0) is 11.0 Å². The van der Waals surface area contributed by atoms with Gasteiger partial charge in [-0.05, 0) is 50.6 Å². The fraction of sp³-hybridized carbons (Fsp3) is 0.273. The van der Waals surface area contributed by atoms with E-state index in [1.165, 1.54) is 28.8 Å². The van der Waals surface area contributed by atoms with Gasteiger partial charge in [0.2, 0.25) is 0 Å². The number of aryl methyl sites for hydroxylation is 1. The van der Waals surface area contributed by atoms with Gasteiger partial charge in [-0.15, -0.1) is 0 Å². The molecule has 6 nitrogen and oxygen atoms in total. The third-order valence-corrected chi connectivity index (χ3v) is 4.97. The Morgan fingerprint density at radius 3 is 2.55 bits per heavy atom. The highest BCUT2D eigenvalue weighted by Gasteiger charge is 2.34. The number of alkyl halides is 3. The molecule has 0 atom stereocenters. The van der Waals surface area contributed by atoms with Gasteiger partial charge in [-0.25, -0.2) is 4.99 Å². The number of hydrogen-bond donors (Lipinski definition) is 3. The Morgan fingerprint density at radius 2 is 1.90 bits per heavy atom. The van der Waals surface area contributed by atoms with E-state index in [0.29, 0.717) is 22.7 Å². The Hall–Kier alpha value is -3.33. The average molecular weight is 433 g/mol. The minimum Gasteiger partial charge on any atom is -0.505 e. The van der Waals surface area contributed by atoms with Crippen molar-refractivity contribution in [1.82, 2.24) is 9.88 Å². The van der Waals surface area contributed by atoms with E-state index < -0.39 is 17.6 Å². The molecule has 0 bridgehead atoms. The Kier molecular flexibility index (Phi) is 6.08. The molecule has 2 aromatic rings. The van der Waals surface area contributed by atoms with Crippen LogP contribution in [0.25, 0.3) is 11.8 Å². The van der Waals surface area contributed by atoms with E-state index >= 15 is 0 Å². The van der Waals surface area contributed by atoms with Crippen LogP contribution in [0, 0.1) is 13.8 Å². The van der Waals surface area contributed by atoms with E-state index in [0.717, 1.165) is 6.07 Å². The molecule has 2 heterocycles. The van der Waals surface area contributed by atoms with Crippen LogP contribution in [0.4, 0.5) is 13.2 Å². The van der Waals surface area contributed by atoms with E-state index in [1.54, 1.807) is 26.8 Å². The normalized spacial score (nSPS) is 15.6. The second kappa shape index (κ2) is 8.43. The van der Waals surface area contributed by atoms with Crippen LogP contribution >= 0.6 is 0 Å². The SMILES string of the molecule is CC1=N/C(=C/c2cc(C)n(-c3ccccc3C(F)(F)F)c2C)C(O)=C1C(=O)NCCO. The first kappa shape index (κ1) is 22.4. The number of benzene rings is 1. The maximum Gasteiger partial charge on any atom is 0.418 e. The van der Waals surface area contributed by atoms with Crippen molar-refractivity contribution in [1.29, 1.82) is 0 Å². The molecule has 3 rings (SSSR count). The van der Waals surface area contributed by atoms with Crippen molar-refractivity contribution in [2.75, 3.05) is 13.2 Å². The molecule has 0 aliphatic carbocycles. The summed E-state index contributed by atoms with van der Waals surface area (Å²) >= 11 is 0. The summed E-state index contributed by atoms with van der Waals surface area (Å²) in [5.74, 6) is -0.894. The van der Waals surface area contributed by atoms with Crippen molar-refractivity contribution in [3.63, 3.8) is 0 Å². The van der Waals surface area contributed by atoms with E-state index in [4.69, 9.17) is 5.11 Å². The quantitative estimate of drug-likeness (QED) is 0.670. The maximum atomic E-state index is 13.5. The van der Waals surface area contributed by atoms with Gasteiger partial charge in [-0.3, -0.25) is 4.79 Å². The third-order valence-electron chi connectivity index (χ3n) is 4.97. The molecule has 31 heavy (non-hydrogen) atoms. The Morgan fingerprint density at radius 1 is 1.23 bits per heavy atom. The van der Waals surface area contributed by atoms with Crippen LogP contribution in [0.1, 0.15) is 29.4 Å². The Labute approximate surface area is 177 Å². The monoisotopic (exact) mass is 433 g/mol. The van der Waals surface area contributed by atoms with Crippen LogP contribution in [-0.4, -0.2) is 39.6 Å². The molecule has 9 heteroatoms. The molecule has 1 aliphatic heterocycles. The number of aromatic nitrogens is 1. The number of hydrogen-bond acceptors (Lipinski definition) is 4. The fourth-order valence-electron chi connectivity index (χ4n) is 3.58. The minimum absolute atomic E-state index is 0.00377. The fourth-order valence-corrected chi connectivity index (χ4v) is 3.58. The number of para-hydroxylation sites is 1. The molecule has 1 aromatic carbocycles. The van der Waals surface area contributed by atoms with Gasteiger partial charge in [-0.2, -0.15) is 13.2 Å². The first-order valence-corrected chi connectivity index (χ1v) is 9.51. The summed E-state index contributed by atoms with van der Waals surface area (Å²) < 4.78 is 42.0. The average Bonchev–Trinajstić information content (AvgIpc) is 3.13. The minimum atomic E-state index is -4.51. The number of halogens is 3. The largest absolute Gasteiger partial charge is 0.505 e. The molecule has 1 aromatic heterocycles. The molecule has 0 saturated carbocycles. The van der Waals surface area contributed by atoms with Gasteiger partial charge >= 0.3 is 6.18 Å². The van der Waals surface area contributed by atoms with Gasteiger partial charge in [0.15, 0.2) is 5.76 Å². The van der Waals surface area contributed by atoms with Crippen molar-refractivity contribution < 1.29 is 28.2 Å². The van der Waals surface area contributed by atoms with Crippen LogP contribution in [0.5, 0.6) is 0 Å². The summed E-state index contributed by atoms with van der Waals surface area (Å²) in [7, 11) is 0. The van der Waals surface area contributed by atoms with E-state index in [2.05, 4.69) is 10.3 Å². The molecule has 0 saturated heterocycles. The van der Waals surface area contributed by atoms with Crippen LogP contribution in [0.3, 0.4) is 0 Å². The lowest BCUT2D eigenvalue weighted by molar-refractivity contribution is -0.137. The zero-order chi connectivity index (χ0) is 22.9. The van der Waals surface area contributed by atoms with Gasteiger partial charge in [0, 0.05) is 17.9 Å². The number of carbonyl (C=O) groups excluding carboxylic acids is 1. The Bertz CT molecular complexity index is 1120. The molecule has 3 N–H and O–H groups in total. The molecule has 164 valence electrons. The van der Waals surface area contributed by atoms with Gasteiger partial charge < -0.3 is 20.1 Å². The summed E-state index contributed by atoms with van der Waals surface area (Å²) in [6.07, 6.45) is -2.98. The molecular formula is C22H22F3N3O3. The highest BCUT2D eigenvalue weighted by atomic mass is 19.4. The summed E-state index contributed by atoms with van der Waals surface area (Å²) in [5, 5.41) is 21.8. The standard InChI is InChI=1S/C22H22F3N3O3/c1-12-10-15(11-17-20(30)19(13(2)27-17)21(31)26-8-9-29)14(3)28(12)18-7-5-4-6-16(18)22(23,24)25/h4-7,10-11,29-30H,8-9H2,1-3H3,(H,26,31)/b17-11+. The zero-order valence-electron chi connectivity index (χ0n) is 17.2. The lowest BCUT2D eigenvalue weighted by Crippen LogP contribution is -2.30. The summed E-state index contributed by atoms with van der Waals surface area (Å²) in [4.78, 5) is 16.4. The molecule has 0 spiro atoms. The number of rotatable bonds is 5. The van der Waals surface area contributed by atoms with E-state index in [-0.39, 0.29) is 35.9 Å². The number of aliphatic hydroxyl groups is 2. The van der Waals surface area contributed by atoms with Crippen molar-refractivity contribution >= 4 is 17.7 Å². The molecule has 1 amide bonds. The van der Waals surface area contributed by atoms with Gasteiger partial charge in [0.1, 0.15) is 11.3 Å². The predicted octanol–water partition coefficient (Wildman–Crippen LogP) is 3.85. The maximum absolute atomic E-state index is 13.5. The number of amides is 1. The number of nitrogens with zero attached hydrogens (tertiary/aromatic N) is 2. The number of nitrogens with one attached hydrogen (secondary N) is 1. The van der Waals surface area contributed by atoms with E-state index in [9.17, 15) is 23.1 Å². The predicted molar refractivity (Wildman–Crippen MR) is 111 cm³/mol. The topological polar surface area (TPSA) is 86.8 Å². The third kappa shape index (κ3) is 4.27. The number of aliphatic imine (C=N–C) groups is 1. The summed E-state index contributed by atoms with van der Waals surface area (Å²) in [5.41, 5.74) is 1.34. The smallest absolute Gasteiger partial charge is 0.418 e. The molecular weight excluding hydrogens is 411 g/mol. The second-order valence-corrected chi connectivity index (χ2v) is 7.11. The Balaban J connectivity index is 2.06. The highest BCUT2D eigenvalue weighted by molar-refractivity contribution is 6.23. The van der Waals surface area contributed by atoms with Crippen LogP contribution < -0.4 is 5.32 Å². The molecule has 0 unspecified atom stereocenters. The number of aliphatic hydroxyl groups excluding tert-OH is 2. The van der Waals surface area contributed by atoms with Crippen molar-refractivity contribution in [2.24, 2.45) is 4.99 Å². The van der Waals surface area contributed by atoms with Crippen molar-refractivity contribution in [2.45, 2.75) is 26.9 Å². The first-order valence-electron chi connectivity index (χ1n) is 9.51. The van der Waals surface area contributed by atoms with Crippen molar-refractivity contribution in [3.8, 4) is 5.69 Å². The first-order chi connectivity index (χ1) is 14.6. The van der Waals surface area contributed by atoms with Gasteiger partial charge in [0.05, 0.1) is 23.6 Å². The number of carbonyl (C=O) groups is 1. The van der Waals surface area contributed by atoms with Crippen molar-refractivity contribution in [3.05, 3.63) is 69.9 Å². The molecule has 0 fully saturated rings. The van der Waals surface area contributed by atoms with Gasteiger partial charge in [-0.1, -0.05) is 12.1 Å². The zero-order valence-corrected chi connectivity index (χ0v) is 17.2. The lowest BCUT2D eigenvalue weighted by Gasteiger charge is -2.16. The van der Waals surface area contributed by atoms with Crippen LogP contribution in [0.15, 0.2) is 52.4 Å². The lowest BCUT2D eigenvalue weighted by atomic mass is 10.1. The molecule has 0 radical (unpaired) electrons. The summed E-state index contributed by atoms with van der Waals surface area (Å²) in [6.45, 7) is 4.71. The summed E-state index contributed by atoms with van der Waals surface area (Å²) in [6, 6.07) is 7.00. The van der Waals surface area contributed by atoms with E-state index in [1.807, 2.05) is 0 Å². The second-order valence-electron chi connectivity index (χ2n) is 7.11. The van der Waals surface area contributed by atoms with Crippen LogP contribution in [0.2, 0.25) is 0 Å².